The molecule has 1 saturated carbocycles. The first-order chi connectivity index (χ1) is 12.2. The number of carbonyl (C=O) groups is 1. The molecule has 138 valence electrons. The van der Waals surface area contributed by atoms with Crippen molar-refractivity contribution in [3.8, 4) is 17.0 Å². The Labute approximate surface area is 217 Å². The van der Waals surface area contributed by atoms with Gasteiger partial charge in [-0.15, -0.1) is 0 Å². The number of rotatable bonds is 4. The maximum absolute atomic E-state index is 13.9. The average molecular weight is 490 g/mol. The van der Waals surface area contributed by atoms with E-state index in [0.717, 1.165) is 17.1 Å². The van der Waals surface area contributed by atoms with Crippen LogP contribution in [0.4, 0.5) is 10.2 Å². The van der Waals surface area contributed by atoms with Gasteiger partial charge in [0, 0.05) is 17.1 Å². The molecular formula is C19H22CsFN4O2. The van der Waals surface area contributed by atoms with E-state index in [1.165, 1.54) is 26.4 Å². The predicted octanol–water partition coefficient (Wildman–Crippen LogP) is 1.27. The summed E-state index contributed by atoms with van der Waals surface area (Å²) in [4.78, 5) is 21.7. The minimum atomic E-state index is -0.405. The summed E-state index contributed by atoms with van der Waals surface area (Å²) in [5.41, 5.74) is 2.34. The van der Waals surface area contributed by atoms with Gasteiger partial charge in [-0.2, -0.15) is 0 Å². The quantitative estimate of drug-likeness (QED) is 0.427. The first-order valence-corrected chi connectivity index (χ1v) is 8.03. The summed E-state index contributed by atoms with van der Waals surface area (Å²) < 4.78 is 19.1. The van der Waals surface area contributed by atoms with Gasteiger partial charge in [0.25, 0.3) is 0 Å². The number of fused-ring (bicyclic) bond motifs is 1. The van der Waals surface area contributed by atoms with E-state index in [0.29, 0.717) is 34.9 Å². The van der Waals surface area contributed by atoms with Crippen molar-refractivity contribution in [2.24, 2.45) is 0 Å². The summed E-state index contributed by atoms with van der Waals surface area (Å²) in [5.74, 6) is 0.365. The fourth-order valence-electron chi connectivity index (χ4n) is 2.38. The van der Waals surface area contributed by atoms with Crippen LogP contribution in [0.15, 0.2) is 24.5 Å². The van der Waals surface area contributed by atoms with Crippen LogP contribution in [0.1, 0.15) is 24.8 Å². The van der Waals surface area contributed by atoms with Gasteiger partial charge in [-0.05, 0) is 24.6 Å². The number of nitrogens with one attached hydrogen (secondary N) is 2. The van der Waals surface area contributed by atoms with E-state index in [4.69, 9.17) is 4.74 Å². The van der Waals surface area contributed by atoms with Gasteiger partial charge >= 0.3 is 68.9 Å². The Hall–Kier alpha value is -0.908. The predicted molar refractivity (Wildman–Crippen MR) is 101 cm³/mol. The van der Waals surface area contributed by atoms with Gasteiger partial charge in [0.05, 0.1) is 18.9 Å². The summed E-state index contributed by atoms with van der Waals surface area (Å²) in [6, 6.07) is 3.46. The molecule has 0 aromatic carbocycles. The molecule has 4 rings (SSSR count). The average Bonchev–Trinajstić information content (AvgIpc) is 3.45. The molecule has 1 aliphatic carbocycles. The fourth-order valence-corrected chi connectivity index (χ4v) is 2.38. The normalized spacial score (nSPS) is 11.4. The van der Waals surface area contributed by atoms with E-state index in [2.05, 4.69) is 20.3 Å². The number of carbonyl (C=O) groups excluding carboxylic acids is 1. The van der Waals surface area contributed by atoms with Crippen molar-refractivity contribution in [1.29, 1.82) is 0 Å². The van der Waals surface area contributed by atoms with Crippen molar-refractivity contribution >= 4 is 23.3 Å². The van der Waals surface area contributed by atoms with E-state index in [1.807, 2.05) is 0 Å². The van der Waals surface area contributed by atoms with Crippen molar-refractivity contribution in [2.75, 3.05) is 12.4 Å². The standard InChI is InChI=1S/C15H13FN4O2.C3H6.CH3.Cs/c1-8-11(16)6-18-15(22-2)13(8)10-5-17-14-9(10)3-4-12(20-14)19-7-21;1-2-3-1;;/h3-7H,1-2H3,(H2,17,19,20,21);1-3H2;1H3;/q;;-1;+1. The number of ether oxygens (including phenoxy) is 1. The Bertz CT molecular complexity index is 909. The first kappa shape index (κ1) is 24.1. The van der Waals surface area contributed by atoms with Crippen molar-refractivity contribution in [2.45, 2.75) is 26.2 Å². The fraction of sp³-hybridized carbons (Fsp3) is 0.263. The molecule has 1 aliphatic rings. The van der Waals surface area contributed by atoms with E-state index < -0.39 is 5.82 Å². The van der Waals surface area contributed by atoms with E-state index in [1.54, 1.807) is 25.3 Å². The number of hydrogen-bond donors (Lipinski definition) is 2. The molecule has 6 nitrogen and oxygen atoms in total. The summed E-state index contributed by atoms with van der Waals surface area (Å²) in [5, 5.41) is 3.27. The molecule has 0 radical (unpaired) electrons. The van der Waals surface area contributed by atoms with E-state index in [9.17, 15) is 9.18 Å². The SMILES string of the molecule is C1CC1.COc1ncc(F)c(C)c1-c1c[nH]c2nc(NC=O)ccc12.[CH3-].[Cs+]. The summed E-state index contributed by atoms with van der Waals surface area (Å²) in [7, 11) is 1.49. The van der Waals surface area contributed by atoms with Crippen LogP contribution in [0.5, 0.6) is 5.88 Å². The second-order valence-corrected chi connectivity index (χ2v) is 5.73. The molecule has 0 unspecified atom stereocenters. The molecule has 0 aliphatic heterocycles. The number of halogens is 1. The van der Waals surface area contributed by atoms with Gasteiger partial charge in [0.1, 0.15) is 17.3 Å². The number of amides is 1. The van der Waals surface area contributed by atoms with Crippen molar-refractivity contribution in [1.82, 2.24) is 15.0 Å². The Morgan fingerprint density at radius 1 is 1.30 bits per heavy atom. The maximum atomic E-state index is 13.9. The molecular weight excluding hydrogens is 468 g/mol. The van der Waals surface area contributed by atoms with Crippen LogP contribution < -0.4 is 78.9 Å². The van der Waals surface area contributed by atoms with Gasteiger partial charge in [-0.1, -0.05) is 19.3 Å². The van der Waals surface area contributed by atoms with Crippen LogP contribution in [-0.4, -0.2) is 28.5 Å². The van der Waals surface area contributed by atoms with Crippen LogP contribution in [0.2, 0.25) is 0 Å². The monoisotopic (exact) mass is 490 g/mol. The molecule has 0 atom stereocenters. The van der Waals surface area contributed by atoms with Gasteiger partial charge in [0.15, 0.2) is 0 Å². The van der Waals surface area contributed by atoms with Gasteiger partial charge in [-0.25, -0.2) is 14.4 Å². The number of aromatic nitrogens is 3. The zero-order chi connectivity index (χ0) is 17.8. The Morgan fingerprint density at radius 2 is 2.00 bits per heavy atom. The Kier molecular flexibility index (Phi) is 9.99. The molecule has 0 saturated heterocycles. The third-order valence-electron chi connectivity index (χ3n) is 3.80. The molecule has 8 heteroatoms. The zero-order valence-electron chi connectivity index (χ0n) is 16.1. The molecule has 3 heterocycles. The van der Waals surface area contributed by atoms with Gasteiger partial charge < -0.3 is 22.5 Å². The largest absolute Gasteiger partial charge is 1.00 e. The summed E-state index contributed by atoms with van der Waals surface area (Å²) in [6.07, 6.45) is 7.91. The van der Waals surface area contributed by atoms with E-state index >= 15 is 0 Å². The number of H-pyrrole nitrogens is 1. The molecule has 2 N–H and O–H groups in total. The number of aromatic amines is 1. The maximum Gasteiger partial charge on any atom is 1.00 e. The third-order valence-corrected chi connectivity index (χ3v) is 3.80. The van der Waals surface area contributed by atoms with Crippen LogP contribution in [-0.2, 0) is 4.79 Å². The van der Waals surface area contributed by atoms with Crippen molar-refractivity contribution in [3.63, 3.8) is 0 Å². The second-order valence-electron chi connectivity index (χ2n) is 5.73. The van der Waals surface area contributed by atoms with E-state index in [-0.39, 0.29) is 76.3 Å². The smallest absolute Gasteiger partial charge is 0.481 e. The number of anilines is 1. The first-order valence-electron chi connectivity index (χ1n) is 8.03. The minimum Gasteiger partial charge on any atom is -0.481 e. The molecule has 0 spiro atoms. The third kappa shape index (κ3) is 5.79. The van der Waals surface area contributed by atoms with Gasteiger partial charge in [0.2, 0.25) is 12.3 Å². The van der Waals surface area contributed by atoms with Crippen LogP contribution in [0.3, 0.4) is 0 Å². The molecule has 0 bridgehead atoms. The van der Waals surface area contributed by atoms with Gasteiger partial charge in [-0.3, -0.25) is 4.79 Å². The second kappa shape index (κ2) is 11.2. The molecule has 1 fully saturated rings. The van der Waals surface area contributed by atoms with Crippen LogP contribution >= 0.6 is 0 Å². The summed E-state index contributed by atoms with van der Waals surface area (Å²) >= 11 is 0. The molecule has 1 amide bonds. The molecule has 3 aromatic rings. The number of hydrogen-bond acceptors (Lipinski definition) is 4. The number of pyridine rings is 2. The molecule has 3 aromatic heterocycles. The van der Waals surface area contributed by atoms with Crippen molar-refractivity contribution in [3.05, 3.63) is 43.3 Å². The Morgan fingerprint density at radius 3 is 2.59 bits per heavy atom. The molecule has 27 heavy (non-hydrogen) atoms. The van der Waals surface area contributed by atoms with Crippen LogP contribution in [0.25, 0.3) is 22.2 Å². The number of nitrogens with zero attached hydrogens (tertiary/aromatic N) is 2. The topological polar surface area (TPSA) is 79.9 Å². The number of methoxy groups -OCH3 is 1. The summed E-state index contributed by atoms with van der Waals surface area (Å²) in [6.45, 7) is 1.67. The Balaban J connectivity index is 0.000000665. The minimum absolute atomic E-state index is 0. The van der Waals surface area contributed by atoms with Crippen LogP contribution in [0, 0.1) is 20.2 Å². The van der Waals surface area contributed by atoms with Crippen molar-refractivity contribution < 1.29 is 82.8 Å². The zero-order valence-corrected chi connectivity index (χ0v) is 22.4.